The van der Waals surface area contributed by atoms with Gasteiger partial charge in [0.25, 0.3) is 5.91 Å². The van der Waals surface area contributed by atoms with Gasteiger partial charge < -0.3 is 10.2 Å². The number of hydrogen-bond acceptors (Lipinski definition) is 1. The van der Waals surface area contributed by atoms with Crippen LogP contribution in [0.1, 0.15) is 56.2 Å². The maximum absolute atomic E-state index is 13.3. The lowest BCUT2D eigenvalue weighted by Gasteiger charge is -2.21. The van der Waals surface area contributed by atoms with Gasteiger partial charge in [0.1, 0.15) is 12.4 Å². The average Bonchev–Trinajstić information content (AvgIpc) is 2.54. The predicted octanol–water partition coefficient (Wildman–Crippen LogP) is 3.73. The number of amides is 1. The number of rotatable bonds is 7. The summed E-state index contributed by atoms with van der Waals surface area (Å²) in [5.41, 5.74) is 4.15. The fourth-order valence-corrected chi connectivity index (χ4v) is 3.21. The Morgan fingerprint density at radius 3 is 2.15 bits per heavy atom. The molecule has 0 aliphatic rings. The van der Waals surface area contributed by atoms with Gasteiger partial charge in [0.2, 0.25) is 0 Å². The van der Waals surface area contributed by atoms with Crippen molar-refractivity contribution in [3.05, 3.63) is 65.0 Å². The van der Waals surface area contributed by atoms with Gasteiger partial charge in [0.15, 0.2) is 6.54 Å². The molecule has 1 amide bonds. The van der Waals surface area contributed by atoms with E-state index in [0.717, 1.165) is 27.3 Å². The normalized spacial score (nSPS) is 12.5. The molecule has 0 aliphatic carbocycles. The smallest absolute Gasteiger partial charge is 0.279 e. The second-order valence-electron chi connectivity index (χ2n) is 7.61. The predicted molar refractivity (Wildman–Crippen MR) is 105 cm³/mol. The first kappa shape index (κ1) is 20.1. The number of benzene rings is 2. The number of para-hydroxylation sites is 1. The molecule has 3 nitrogen and oxygen atoms in total. The third kappa shape index (κ3) is 5.40. The first-order valence-corrected chi connectivity index (χ1v) is 9.26. The molecule has 1 atom stereocenters. The largest absolute Gasteiger partial charge is 0.326 e. The number of carbonyl (C=O) groups is 1. The van der Waals surface area contributed by atoms with Crippen LogP contribution >= 0.6 is 0 Å². The van der Waals surface area contributed by atoms with Gasteiger partial charge in [0.05, 0.1) is 7.05 Å². The van der Waals surface area contributed by atoms with E-state index in [1.54, 1.807) is 6.07 Å². The van der Waals surface area contributed by atoms with Crippen molar-refractivity contribution < 1.29 is 14.1 Å². The van der Waals surface area contributed by atoms with Crippen LogP contribution in [-0.2, 0) is 11.3 Å². The first-order chi connectivity index (χ1) is 12.3. The Hall–Kier alpha value is -2.20. The van der Waals surface area contributed by atoms with Crippen LogP contribution in [0.2, 0.25) is 0 Å². The van der Waals surface area contributed by atoms with E-state index in [4.69, 9.17) is 0 Å². The summed E-state index contributed by atoms with van der Waals surface area (Å²) in [7, 11) is 1.95. The Bertz CT molecular complexity index is 729. The summed E-state index contributed by atoms with van der Waals surface area (Å²) in [5, 5.41) is 3.14. The molecule has 4 heteroatoms. The lowest BCUT2D eigenvalue weighted by Crippen LogP contribution is -3.08. The molecule has 2 aromatic rings. The SMILES string of the molecule is CC(C)c1cccc(C(C)C)c1NC(=O)C[NH+](C)Cc1cccc(F)c1. The molecule has 2 N–H and O–H groups in total. The molecule has 1 unspecified atom stereocenters. The summed E-state index contributed by atoms with van der Waals surface area (Å²) in [6, 6.07) is 12.8. The molecule has 0 saturated heterocycles. The van der Waals surface area contributed by atoms with Gasteiger partial charge in [-0.25, -0.2) is 4.39 Å². The van der Waals surface area contributed by atoms with Gasteiger partial charge in [0, 0.05) is 11.3 Å². The number of anilines is 1. The second-order valence-corrected chi connectivity index (χ2v) is 7.61. The molecule has 0 spiro atoms. The van der Waals surface area contributed by atoms with Crippen LogP contribution < -0.4 is 10.2 Å². The Kier molecular flexibility index (Phi) is 6.92. The Morgan fingerprint density at radius 1 is 1.04 bits per heavy atom. The van der Waals surface area contributed by atoms with Crippen molar-refractivity contribution in [1.29, 1.82) is 0 Å². The Morgan fingerprint density at radius 2 is 1.62 bits per heavy atom. The standard InChI is InChI=1S/C22H29FN2O/c1-15(2)19-10-7-11-20(16(3)4)22(19)24-21(26)14-25(5)13-17-8-6-9-18(23)12-17/h6-12,15-16H,13-14H2,1-5H3,(H,24,26)/p+1. The van der Waals surface area contributed by atoms with Crippen LogP contribution in [0, 0.1) is 5.82 Å². The third-order valence-electron chi connectivity index (χ3n) is 4.49. The van der Waals surface area contributed by atoms with E-state index >= 15 is 0 Å². The van der Waals surface area contributed by atoms with E-state index in [1.165, 1.54) is 12.1 Å². The van der Waals surface area contributed by atoms with Crippen molar-refractivity contribution in [3.63, 3.8) is 0 Å². The fraction of sp³-hybridized carbons (Fsp3) is 0.409. The minimum absolute atomic E-state index is 0.0195. The van der Waals surface area contributed by atoms with Crippen molar-refractivity contribution >= 4 is 11.6 Å². The molecule has 0 aromatic heterocycles. The summed E-state index contributed by atoms with van der Waals surface area (Å²) < 4.78 is 13.3. The molecule has 0 heterocycles. The van der Waals surface area contributed by atoms with Crippen LogP contribution in [0.15, 0.2) is 42.5 Å². The van der Waals surface area contributed by atoms with E-state index in [0.29, 0.717) is 24.9 Å². The van der Waals surface area contributed by atoms with Crippen LogP contribution in [0.3, 0.4) is 0 Å². The summed E-state index contributed by atoms with van der Waals surface area (Å²) >= 11 is 0. The summed E-state index contributed by atoms with van der Waals surface area (Å²) in [4.78, 5) is 13.6. The molecule has 2 aromatic carbocycles. The Labute approximate surface area is 156 Å². The minimum Gasteiger partial charge on any atom is -0.326 e. The zero-order chi connectivity index (χ0) is 19.3. The van der Waals surface area contributed by atoms with Gasteiger partial charge in [-0.2, -0.15) is 0 Å². The first-order valence-electron chi connectivity index (χ1n) is 9.26. The topological polar surface area (TPSA) is 33.5 Å². The van der Waals surface area contributed by atoms with Crippen LogP contribution in [-0.4, -0.2) is 19.5 Å². The molecule has 0 fully saturated rings. The highest BCUT2D eigenvalue weighted by molar-refractivity contribution is 5.93. The van der Waals surface area contributed by atoms with Crippen molar-refractivity contribution in [1.82, 2.24) is 0 Å². The number of hydrogen-bond donors (Lipinski definition) is 2. The quantitative estimate of drug-likeness (QED) is 0.778. The zero-order valence-corrected chi connectivity index (χ0v) is 16.4. The van der Waals surface area contributed by atoms with E-state index in [1.807, 2.05) is 13.1 Å². The van der Waals surface area contributed by atoms with Crippen LogP contribution in [0.25, 0.3) is 0 Å². The molecule has 140 valence electrons. The molecular weight excluding hydrogens is 327 g/mol. The number of nitrogens with one attached hydrogen (secondary N) is 2. The lowest BCUT2D eigenvalue weighted by atomic mass is 9.92. The van der Waals surface area contributed by atoms with Crippen molar-refractivity contribution in [3.8, 4) is 0 Å². The molecular formula is C22H30FN2O+. The van der Waals surface area contributed by atoms with E-state index in [-0.39, 0.29) is 11.7 Å². The number of halogens is 1. The van der Waals surface area contributed by atoms with Gasteiger partial charge >= 0.3 is 0 Å². The van der Waals surface area contributed by atoms with Crippen molar-refractivity contribution in [2.24, 2.45) is 0 Å². The van der Waals surface area contributed by atoms with Gasteiger partial charge in [-0.3, -0.25) is 4.79 Å². The number of likely N-dealkylation sites (N-methyl/N-ethyl adjacent to an activating group) is 1. The molecule has 0 bridgehead atoms. The average molecular weight is 357 g/mol. The number of quaternary nitrogens is 1. The summed E-state index contributed by atoms with van der Waals surface area (Å²) in [5.74, 6) is 0.406. The molecule has 2 rings (SSSR count). The highest BCUT2D eigenvalue weighted by Crippen LogP contribution is 2.32. The molecule has 0 aliphatic heterocycles. The van der Waals surface area contributed by atoms with Crippen LogP contribution in [0.5, 0.6) is 0 Å². The van der Waals surface area contributed by atoms with Gasteiger partial charge in [-0.1, -0.05) is 58.0 Å². The zero-order valence-electron chi connectivity index (χ0n) is 16.4. The van der Waals surface area contributed by atoms with Crippen molar-refractivity contribution in [2.75, 3.05) is 18.9 Å². The van der Waals surface area contributed by atoms with E-state index in [9.17, 15) is 9.18 Å². The second kappa shape index (κ2) is 8.95. The molecule has 26 heavy (non-hydrogen) atoms. The number of carbonyl (C=O) groups excluding carboxylic acids is 1. The van der Waals surface area contributed by atoms with Gasteiger partial charge in [-0.15, -0.1) is 0 Å². The maximum Gasteiger partial charge on any atom is 0.279 e. The molecule has 0 radical (unpaired) electrons. The molecule has 0 saturated carbocycles. The monoisotopic (exact) mass is 357 g/mol. The summed E-state index contributed by atoms with van der Waals surface area (Å²) in [6.45, 7) is 9.48. The van der Waals surface area contributed by atoms with E-state index in [2.05, 4.69) is 51.2 Å². The fourth-order valence-electron chi connectivity index (χ4n) is 3.21. The lowest BCUT2D eigenvalue weighted by molar-refractivity contribution is -0.885. The van der Waals surface area contributed by atoms with E-state index < -0.39 is 0 Å². The Balaban J connectivity index is 2.09. The highest BCUT2D eigenvalue weighted by atomic mass is 19.1. The highest BCUT2D eigenvalue weighted by Gasteiger charge is 2.18. The van der Waals surface area contributed by atoms with Gasteiger partial charge in [-0.05, 0) is 35.1 Å². The third-order valence-corrected chi connectivity index (χ3v) is 4.49. The summed E-state index contributed by atoms with van der Waals surface area (Å²) in [6.07, 6.45) is 0. The van der Waals surface area contributed by atoms with Crippen LogP contribution in [0.4, 0.5) is 10.1 Å². The minimum atomic E-state index is -0.243. The van der Waals surface area contributed by atoms with Crippen molar-refractivity contribution in [2.45, 2.75) is 46.1 Å². The maximum atomic E-state index is 13.3.